The Balaban J connectivity index is 1.82. The number of nitrogens with zero attached hydrogens (tertiary/aromatic N) is 1. The Morgan fingerprint density at radius 2 is 2.00 bits per heavy atom. The van der Waals surface area contributed by atoms with Crippen molar-refractivity contribution in [2.75, 3.05) is 5.01 Å². The number of carbonyl (C=O) groups is 3. The fourth-order valence-electron chi connectivity index (χ4n) is 2.43. The van der Waals surface area contributed by atoms with Crippen LogP contribution in [-0.4, -0.2) is 17.8 Å². The van der Waals surface area contributed by atoms with Crippen molar-refractivity contribution >= 4 is 29.5 Å². The van der Waals surface area contributed by atoms with E-state index < -0.39 is 29.5 Å². The van der Waals surface area contributed by atoms with Crippen LogP contribution in [0.2, 0.25) is 0 Å². The minimum Gasteiger partial charge on any atom is -0.458 e. The fraction of sp³-hybridized carbons (Fsp3) is 0.167. The van der Waals surface area contributed by atoms with E-state index in [-0.39, 0.29) is 23.6 Å². The van der Waals surface area contributed by atoms with E-state index in [0.717, 1.165) is 29.3 Å². The van der Waals surface area contributed by atoms with Gasteiger partial charge in [0.1, 0.15) is 23.7 Å². The first-order valence-corrected chi connectivity index (χ1v) is 7.91. The highest BCUT2D eigenvalue weighted by Crippen LogP contribution is 2.32. The minimum absolute atomic E-state index is 0.116. The molecule has 0 spiro atoms. The summed E-state index contributed by atoms with van der Waals surface area (Å²) < 4.78 is 48.7. The van der Waals surface area contributed by atoms with Crippen molar-refractivity contribution in [2.45, 2.75) is 19.7 Å². The van der Waals surface area contributed by atoms with Gasteiger partial charge in [0.15, 0.2) is 0 Å². The van der Waals surface area contributed by atoms with Crippen LogP contribution in [-0.2, 0) is 31.9 Å². The van der Waals surface area contributed by atoms with Crippen LogP contribution in [0.4, 0.5) is 18.9 Å². The highest BCUT2D eigenvalue weighted by atomic mass is 19.4. The molecule has 1 N–H and O–H groups in total. The lowest BCUT2D eigenvalue weighted by Crippen LogP contribution is -2.35. The smallest absolute Gasteiger partial charge is 0.416 e. The van der Waals surface area contributed by atoms with E-state index in [9.17, 15) is 27.6 Å². The second-order valence-corrected chi connectivity index (χ2v) is 5.77. The summed E-state index contributed by atoms with van der Waals surface area (Å²) in [5, 5.41) is 0.728. The molecule has 1 aliphatic heterocycles. The summed E-state index contributed by atoms with van der Waals surface area (Å²) in [6, 6.07) is 6.96. The SMILES string of the molecule is CC(=O)OCc1ccc(C=C2C(=O)NN(c3cccc(C(F)(F)F)c3)C2=O)o1. The van der Waals surface area contributed by atoms with Gasteiger partial charge >= 0.3 is 12.1 Å². The first kappa shape index (κ1) is 19.2. The summed E-state index contributed by atoms with van der Waals surface area (Å²) in [4.78, 5) is 35.4. The van der Waals surface area contributed by atoms with Crippen molar-refractivity contribution in [2.24, 2.45) is 0 Å². The molecule has 1 saturated heterocycles. The number of hydrogen-bond donors (Lipinski definition) is 1. The number of amides is 2. The van der Waals surface area contributed by atoms with Crippen LogP contribution < -0.4 is 10.4 Å². The largest absolute Gasteiger partial charge is 0.458 e. The number of benzene rings is 1. The van der Waals surface area contributed by atoms with Crippen LogP contribution in [0.1, 0.15) is 24.0 Å². The molecular weight excluding hydrogens is 381 g/mol. The molecule has 0 saturated carbocycles. The molecule has 10 heteroatoms. The van der Waals surface area contributed by atoms with Crippen molar-refractivity contribution in [3.05, 3.63) is 59.1 Å². The minimum atomic E-state index is -4.59. The average Bonchev–Trinajstić information content (AvgIpc) is 3.19. The summed E-state index contributed by atoms with van der Waals surface area (Å²) in [6.45, 7) is 1.12. The van der Waals surface area contributed by atoms with E-state index in [0.29, 0.717) is 5.76 Å². The van der Waals surface area contributed by atoms with Gasteiger partial charge < -0.3 is 9.15 Å². The van der Waals surface area contributed by atoms with E-state index >= 15 is 0 Å². The van der Waals surface area contributed by atoms with Gasteiger partial charge in [0, 0.05) is 6.92 Å². The van der Waals surface area contributed by atoms with E-state index in [1.54, 1.807) is 0 Å². The zero-order valence-electron chi connectivity index (χ0n) is 14.4. The van der Waals surface area contributed by atoms with Crippen molar-refractivity contribution < 1.29 is 36.7 Å². The Morgan fingerprint density at radius 3 is 2.68 bits per heavy atom. The van der Waals surface area contributed by atoms with Gasteiger partial charge in [-0.05, 0) is 36.4 Å². The molecular formula is C18H13F3N2O5. The molecule has 28 heavy (non-hydrogen) atoms. The van der Waals surface area contributed by atoms with Gasteiger partial charge in [-0.25, -0.2) is 5.01 Å². The van der Waals surface area contributed by atoms with Crippen LogP contribution in [0.25, 0.3) is 6.08 Å². The average molecular weight is 394 g/mol. The summed E-state index contributed by atoms with van der Waals surface area (Å²) >= 11 is 0. The van der Waals surface area contributed by atoms with Gasteiger partial charge in [-0.3, -0.25) is 19.8 Å². The number of alkyl halides is 3. The first-order chi connectivity index (χ1) is 13.1. The number of hydrazine groups is 1. The zero-order valence-corrected chi connectivity index (χ0v) is 14.4. The number of rotatable bonds is 4. The number of hydrogen-bond acceptors (Lipinski definition) is 5. The van der Waals surface area contributed by atoms with Gasteiger partial charge in [-0.15, -0.1) is 0 Å². The van der Waals surface area contributed by atoms with Gasteiger partial charge in [0.25, 0.3) is 11.8 Å². The molecule has 2 aromatic rings. The van der Waals surface area contributed by atoms with E-state index in [2.05, 4.69) is 5.43 Å². The highest BCUT2D eigenvalue weighted by Gasteiger charge is 2.36. The molecule has 0 aliphatic carbocycles. The van der Waals surface area contributed by atoms with E-state index in [4.69, 9.17) is 9.15 Å². The maximum atomic E-state index is 12.9. The van der Waals surface area contributed by atoms with E-state index in [1.807, 2.05) is 0 Å². The molecule has 0 bridgehead atoms. The van der Waals surface area contributed by atoms with Crippen LogP contribution in [0.3, 0.4) is 0 Å². The van der Waals surface area contributed by atoms with Gasteiger partial charge in [-0.1, -0.05) is 6.07 Å². The molecule has 2 heterocycles. The predicted octanol–water partition coefficient (Wildman–Crippen LogP) is 2.82. The number of nitrogens with one attached hydrogen (secondary N) is 1. The number of esters is 1. The standard InChI is InChI=1S/C18H13F3N2O5/c1-10(24)27-9-14-6-5-13(28-14)8-15-16(25)22-23(17(15)26)12-4-2-3-11(7-12)18(19,20)21/h2-8H,9H2,1H3,(H,22,25). The second kappa shape index (κ2) is 7.22. The fourth-order valence-corrected chi connectivity index (χ4v) is 2.43. The van der Waals surface area contributed by atoms with Crippen molar-refractivity contribution in [3.8, 4) is 0 Å². The third-order valence-corrected chi connectivity index (χ3v) is 3.71. The lowest BCUT2D eigenvalue weighted by atomic mass is 10.1. The summed E-state index contributed by atoms with van der Waals surface area (Å²) in [7, 11) is 0. The Kier molecular flexibility index (Phi) is 4.95. The van der Waals surface area contributed by atoms with E-state index in [1.165, 1.54) is 25.1 Å². The Labute approximate surface area is 156 Å². The Bertz CT molecular complexity index is 978. The molecule has 7 nitrogen and oxygen atoms in total. The molecule has 0 unspecified atom stereocenters. The van der Waals surface area contributed by atoms with Crippen molar-refractivity contribution in [1.29, 1.82) is 0 Å². The van der Waals surface area contributed by atoms with Crippen LogP contribution >= 0.6 is 0 Å². The van der Waals surface area contributed by atoms with Gasteiger partial charge in [0.05, 0.1) is 11.3 Å². The zero-order chi connectivity index (χ0) is 20.5. The number of anilines is 1. The van der Waals surface area contributed by atoms with Crippen molar-refractivity contribution in [3.63, 3.8) is 0 Å². The van der Waals surface area contributed by atoms with Crippen LogP contribution in [0.15, 0.2) is 46.4 Å². The lowest BCUT2D eigenvalue weighted by molar-refractivity contribution is -0.142. The summed E-state index contributed by atoms with van der Waals surface area (Å²) in [6.07, 6.45) is -3.43. The third-order valence-electron chi connectivity index (χ3n) is 3.71. The second-order valence-electron chi connectivity index (χ2n) is 5.77. The molecule has 0 atom stereocenters. The summed E-state index contributed by atoms with van der Waals surface area (Å²) in [5.74, 6) is -1.69. The third kappa shape index (κ3) is 4.05. The topological polar surface area (TPSA) is 88.9 Å². The maximum Gasteiger partial charge on any atom is 0.416 e. The van der Waals surface area contributed by atoms with Gasteiger partial charge in [-0.2, -0.15) is 13.2 Å². The van der Waals surface area contributed by atoms with Crippen LogP contribution in [0.5, 0.6) is 0 Å². The monoisotopic (exact) mass is 394 g/mol. The molecule has 1 aliphatic rings. The number of ether oxygens (including phenoxy) is 1. The quantitative estimate of drug-likeness (QED) is 0.489. The first-order valence-electron chi connectivity index (χ1n) is 7.91. The highest BCUT2D eigenvalue weighted by molar-refractivity contribution is 6.31. The number of furan rings is 1. The Morgan fingerprint density at radius 1 is 1.25 bits per heavy atom. The molecule has 1 aromatic heterocycles. The lowest BCUT2D eigenvalue weighted by Gasteiger charge is -2.16. The number of halogens is 3. The predicted molar refractivity (Wildman–Crippen MR) is 89.2 cm³/mol. The normalized spacial score (nSPS) is 15.9. The molecule has 1 fully saturated rings. The maximum absolute atomic E-state index is 12.9. The summed E-state index contributed by atoms with van der Waals surface area (Å²) in [5.41, 5.74) is 0.814. The molecule has 2 amide bonds. The molecule has 3 rings (SSSR count). The number of carbonyl (C=O) groups excluding carboxylic acids is 3. The Hall–Kier alpha value is -3.56. The van der Waals surface area contributed by atoms with Crippen molar-refractivity contribution in [1.82, 2.24) is 5.43 Å². The molecule has 0 radical (unpaired) electrons. The van der Waals surface area contributed by atoms with Gasteiger partial charge in [0.2, 0.25) is 0 Å². The van der Waals surface area contributed by atoms with Crippen LogP contribution in [0, 0.1) is 0 Å². The molecule has 1 aromatic carbocycles. The molecule has 146 valence electrons.